The van der Waals surface area contributed by atoms with Crippen LogP contribution in [-0.4, -0.2) is 7.11 Å². The van der Waals surface area contributed by atoms with Crippen LogP contribution in [0.5, 0.6) is 11.5 Å². The second kappa shape index (κ2) is 5.78. The Morgan fingerprint density at radius 1 is 1.11 bits per heavy atom. The molecular weight excluding hydrogens is 240 g/mol. The van der Waals surface area contributed by atoms with E-state index in [0.717, 1.165) is 11.3 Å². The van der Waals surface area contributed by atoms with E-state index in [1.165, 1.54) is 0 Å². The van der Waals surface area contributed by atoms with Crippen molar-refractivity contribution in [1.82, 2.24) is 0 Å². The SMILES string of the molecule is COc1cc(C#N)cc(OCc2ccc(N)cc2)c1. The lowest BCUT2D eigenvalue weighted by molar-refractivity contribution is 0.303. The first-order valence-electron chi connectivity index (χ1n) is 5.77. The first kappa shape index (κ1) is 12.8. The summed E-state index contributed by atoms with van der Waals surface area (Å²) in [4.78, 5) is 0. The molecule has 0 saturated heterocycles. The molecule has 0 aliphatic rings. The second-order valence-electron chi connectivity index (χ2n) is 4.04. The summed E-state index contributed by atoms with van der Waals surface area (Å²) >= 11 is 0. The second-order valence-corrected chi connectivity index (χ2v) is 4.04. The highest BCUT2D eigenvalue weighted by Gasteiger charge is 2.02. The van der Waals surface area contributed by atoms with Crippen molar-refractivity contribution in [2.24, 2.45) is 0 Å². The Hall–Kier alpha value is -2.67. The topological polar surface area (TPSA) is 68.3 Å². The Labute approximate surface area is 112 Å². The molecule has 2 N–H and O–H groups in total. The van der Waals surface area contributed by atoms with Gasteiger partial charge in [0, 0.05) is 11.8 Å². The summed E-state index contributed by atoms with van der Waals surface area (Å²) in [5.41, 5.74) is 7.85. The molecule has 0 atom stereocenters. The predicted octanol–water partition coefficient (Wildman–Crippen LogP) is 2.73. The minimum absolute atomic E-state index is 0.415. The van der Waals surface area contributed by atoms with Crippen LogP contribution >= 0.6 is 0 Å². The molecule has 96 valence electrons. The fourth-order valence-electron chi connectivity index (χ4n) is 1.62. The molecule has 19 heavy (non-hydrogen) atoms. The van der Waals surface area contributed by atoms with Gasteiger partial charge in [0.05, 0.1) is 18.7 Å². The van der Waals surface area contributed by atoms with E-state index in [2.05, 4.69) is 6.07 Å². The van der Waals surface area contributed by atoms with Crippen LogP contribution in [0, 0.1) is 11.3 Å². The average Bonchev–Trinajstić information content (AvgIpc) is 2.46. The van der Waals surface area contributed by atoms with Crippen molar-refractivity contribution in [3.05, 3.63) is 53.6 Å². The largest absolute Gasteiger partial charge is 0.497 e. The molecule has 0 aliphatic carbocycles. The molecule has 0 unspecified atom stereocenters. The molecule has 0 aliphatic heterocycles. The van der Waals surface area contributed by atoms with E-state index >= 15 is 0 Å². The quantitative estimate of drug-likeness (QED) is 0.852. The van der Waals surface area contributed by atoms with Crippen LogP contribution in [-0.2, 0) is 6.61 Å². The predicted molar refractivity (Wildman–Crippen MR) is 72.9 cm³/mol. The van der Waals surface area contributed by atoms with Crippen molar-refractivity contribution < 1.29 is 9.47 Å². The highest BCUT2D eigenvalue weighted by molar-refractivity contribution is 5.44. The first-order valence-corrected chi connectivity index (χ1v) is 5.77. The maximum atomic E-state index is 8.92. The van der Waals surface area contributed by atoms with E-state index < -0.39 is 0 Å². The molecule has 4 nitrogen and oxygen atoms in total. The van der Waals surface area contributed by atoms with E-state index in [0.29, 0.717) is 23.7 Å². The number of nitrogen functional groups attached to an aromatic ring is 1. The van der Waals surface area contributed by atoms with Crippen LogP contribution < -0.4 is 15.2 Å². The summed E-state index contributed by atoms with van der Waals surface area (Å²) in [6.07, 6.45) is 0. The fourth-order valence-corrected chi connectivity index (χ4v) is 1.62. The fraction of sp³-hybridized carbons (Fsp3) is 0.133. The van der Waals surface area contributed by atoms with Gasteiger partial charge in [0.15, 0.2) is 0 Å². The third-order valence-electron chi connectivity index (χ3n) is 2.63. The zero-order valence-electron chi connectivity index (χ0n) is 10.6. The standard InChI is InChI=1S/C15H14N2O2/c1-18-14-6-12(9-16)7-15(8-14)19-10-11-2-4-13(17)5-3-11/h2-8H,10,17H2,1H3. The molecule has 2 aromatic rings. The number of nitrogens with zero attached hydrogens (tertiary/aromatic N) is 1. The molecule has 0 saturated carbocycles. The monoisotopic (exact) mass is 254 g/mol. The molecule has 0 fully saturated rings. The van der Waals surface area contributed by atoms with Crippen molar-refractivity contribution in [1.29, 1.82) is 5.26 Å². The van der Waals surface area contributed by atoms with Gasteiger partial charge in [0.2, 0.25) is 0 Å². The van der Waals surface area contributed by atoms with Crippen LogP contribution in [0.4, 0.5) is 5.69 Å². The lowest BCUT2D eigenvalue weighted by Crippen LogP contribution is -1.97. The number of nitriles is 1. The zero-order valence-corrected chi connectivity index (χ0v) is 10.6. The minimum atomic E-state index is 0.415. The van der Waals surface area contributed by atoms with Gasteiger partial charge >= 0.3 is 0 Å². The molecule has 0 aromatic heterocycles. The molecular formula is C15H14N2O2. The van der Waals surface area contributed by atoms with Gasteiger partial charge < -0.3 is 15.2 Å². The zero-order chi connectivity index (χ0) is 13.7. The lowest BCUT2D eigenvalue weighted by atomic mass is 10.2. The van der Waals surface area contributed by atoms with Crippen LogP contribution in [0.1, 0.15) is 11.1 Å². The van der Waals surface area contributed by atoms with E-state index in [1.807, 2.05) is 24.3 Å². The van der Waals surface area contributed by atoms with Crippen LogP contribution in [0.25, 0.3) is 0 Å². The smallest absolute Gasteiger partial charge is 0.124 e. The summed E-state index contributed by atoms with van der Waals surface area (Å²) in [6.45, 7) is 0.415. The summed E-state index contributed by atoms with van der Waals surface area (Å²) in [6, 6.07) is 14.6. The van der Waals surface area contributed by atoms with E-state index in [-0.39, 0.29) is 0 Å². The number of ether oxygens (including phenoxy) is 2. The van der Waals surface area contributed by atoms with Crippen molar-refractivity contribution in [3.8, 4) is 17.6 Å². The number of benzene rings is 2. The molecule has 0 spiro atoms. The van der Waals surface area contributed by atoms with Crippen molar-refractivity contribution >= 4 is 5.69 Å². The number of methoxy groups -OCH3 is 1. The van der Waals surface area contributed by atoms with Crippen LogP contribution in [0.3, 0.4) is 0 Å². The molecule has 2 aromatic carbocycles. The van der Waals surface area contributed by atoms with Crippen molar-refractivity contribution in [2.75, 3.05) is 12.8 Å². The van der Waals surface area contributed by atoms with Gasteiger partial charge in [-0.05, 0) is 29.8 Å². The molecule has 0 heterocycles. The maximum Gasteiger partial charge on any atom is 0.124 e. The van der Waals surface area contributed by atoms with Gasteiger partial charge in [0.25, 0.3) is 0 Å². The first-order chi connectivity index (χ1) is 9.21. The Bertz CT molecular complexity index is 601. The Balaban J connectivity index is 2.11. The lowest BCUT2D eigenvalue weighted by Gasteiger charge is -2.08. The number of hydrogen-bond donors (Lipinski definition) is 1. The van der Waals surface area contributed by atoms with Gasteiger partial charge in [-0.1, -0.05) is 12.1 Å². The van der Waals surface area contributed by atoms with E-state index in [9.17, 15) is 0 Å². The third-order valence-corrected chi connectivity index (χ3v) is 2.63. The molecule has 2 rings (SSSR count). The number of nitrogens with two attached hydrogens (primary N) is 1. The van der Waals surface area contributed by atoms with Crippen LogP contribution in [0.15, 0.2) is 42.5 Å². The van der Waals surface area contributed by atoms with Gasteiger partial charge in [-0.2, -0.15) is 5.26 Å². The molecule has 0 bridgehead atoms. The Kier molecular flexibility index (Phi) is 3.89. The molecule has 4 heteroatoms. The summed E-state index contributed by atoms with van der Waals surface area (Å²) in [5, 5.41) is 8.92. The Morgan fingerprint density at radius 3 is 2.42 bits per heavy atom. The van der Waals surface area contributed by atoms with Gasteiger partial charge in [-0.25, -0.2) is 0 Å². The number of hydrogen-bond acceptors (Lipinski definition) is 4. The highest BCUT2D eigenvalue weighted by atomic mass is 16.5. The van der Waals surface area contributed by atoms with Crippen molar-refractivity contribution in [3.63, 3.8) is 0 Å². The van der Waals surface area contributed by atoms with Gasteiger partial charge in [-0.3, -0.25) is 0 Å². The highest BCUT2D eigenvalue weighted by Crippen LogP contribution is 2.23. The third kappa shape index (κ3) is 3.39. The van der Waals surface area contributed by atoms with Gasteiger partial charge in [0.1, 0.15) is 18.1 Å². The summed E-state index contributed by atoms with van der Waals surface area (Å²) < 4.78 is 10.8. The Morgan fingerprint density at radius 2 is 1.79 bits per heavy atom. The molecule has 0 radical (unpaired) electrons. The number of rotatable bonds is 4. The summed E-state index contributed by atoms with van der Waals surface area (Å²) in [7, 11) is 1.56. The van der Waals surface area contributed by atoms with Crippen LogP contribution in [0.2, 0.25) is 0 Å². The summed E-state index contributed by atoms with van der Waals surface area (Å²) in [5.74, 6) is 1.21. The molecule has 0 amide bonds. The normalized spacial score (nSPS) is 9.68. The maximum absolute atomic E-state index is 8.92. The number of anilines is 1. The van der Waals surface area contributed by atoms with E-state index in [1.54, 1.807) is 25.3 Å². The van der Waals surface area contributed by atoms with Gasteiger partial charge in [-0.15, -0.1) is 0 Å². The van der Waals surface area contributed by atoms with Crippen molar-refractivity contribution in [2.45, 2.75) is 6.61 Å². The van der Waals surface area contributed by atoms with E-state index in [4.69, 9.17) is 20.5 Å². The average molecular weight is 254 g/mol. The minimum Gasteiger partial charge on any atom is -0.497 e.